The predicted molar refractivity (Wildman–Crippen MR) is 83.3 cm³/mol. The number of anilines is 1. The molecule has 0 aromatic heterocycles. The van der Waals surface area contributed by atoms with E-state index in [0.29, 0.717) is 18.2 Å². The molecule has 0 spiro atoms. The molecule has 2 bridgehead atoms. The largest absolute Gasteiger partial charge is 0.371 e. The fourth-order valence-electron chi connectivity index (χ4n) is 3.28. The second-order valence-corrected chi connectivity index (χ2v) is 6.13. The Morgan fingerprint density at radius 1 is 1.20 bits per heavy atom. The van der Waals surface area contributed by atoms with E-state index < -0.39 is 0 Å². The highest BCUT2D eigenvalue weighted by atomic mass is 16.5. The third-order valence-electron chi connectivity index (χ3n) is 4.50. The van der Waals surface area contributed by atoms with Crippen molar-refractivity contribution in [2.24, 2.45) is 0 Å². The summed E-state index contributed by atoms with van der Waals surface area (Å²) < 4.78 is 5.90. The molecule has 1 N–H and O–H groups in total. The van der Waals surface area contributed by atoms with Crippen LogP contribution in [0.25, 0.3) is 0 Å². The van der Waals surface area contributed by atoms with Crippen molar-refractivity contribution in [3.63, 3.8) is 0 Å². The van der Waals surface area contributed by atoms with Gasteiger partial charge in [0.25, 0.3) is 0 Å². The number of morpholine rings is 1. The quantitative estimate of drug-likeness (QED) is 0.893. The standard InChI is InChI=1S/C17H26N2O/c1-3-10-18-13(2)14-4-6-15(7-5-14)19-11-16-8-9-17(12-19)20-16/h4-7,13,16-18H,3,8-12H2,1-2H3. The SMILES string of the molecule is CCCNC(C)c1ccc(N2CC3CCC(C2)O3)cc1. The maximum atomic E-state index is 5.90. The molecule has 2 fully saturated rings. The topological polar surface area (TPSA) is 24.5 Å². The van der Waals surface area contributed by atoms with E-state index in [1.807, 2.05) is 0 Å². The summed E-state index contributed by atoms with van der Waals surface area (Å²) in [5.74, 6) is 0. The van der Waals surface area contributed by atoms with Gasteiger partial charge in [0.05, 0.1) is 12.2 Å². The van der Waals surface area contributed by atoms with Crippen LogP contribution in [0.4, 0.5) is 5.69 Å². The first-order chi connectivity index (χ1) is 9.76. The van der Waals surface area contributed by atoms with Crippen molar-refractivity contribution in [1.82, 2.24) is 5.32 Å². The molecule has 2 heterocycles. The second-order valence-electron chi connectivity index (χ2n) is 6.13. The number of nitrogens with one attached hydrogen (secondary N) is 1. The summed E-state index contributed by atoms with van der Waals surface area (Å²) in [6.45, 7) is 7.63. The van der Waals surface area contributed by atoms with Gasteiger partial charge in [-0.15, -0.1) is 0 Å². The number of rotatable bonds is 5. The Bertz CT molecular complexity index is 419. The van der Waals surface area contributed by atoms with Crippen molar-refractivity contribution in [2.75, 3.05) is 24.5 Å². The molecule has 2 saturated heterocycles. The van der Waals surface area contributed by atoms with Gasteiger partial charge in [0, 0.05) is 24.8 Å². The molecule has 0 amide bonds. The normalized spacial score (nSPS) is 26.8. The van der Waals surface area contributed by atoms with Crippen molar-refractivity contribution < 1.29 is 4.74 Å². The summed E-state index contributed by atoms with van der Waals surface area (Å²) in [7, 11) is 0. The number of hydrogen-bond donors (Lipinski definition) is 1. The zero-order valence-electron chi connectivity index (χ0n) is 12.6. The number of ether oxygens (including phenoxy) is 1. The first-order valence-electron chi connectivity index (χ1n) is 8.00. The van der Waals surface area contributed by atoms with E-state index in [1.165, 1.54) is 30.5 Å². The lowest BCUT2D eigenvalue weighted by Gasteiger charge is -2.34. The Labute approximate surface area is 122 Å². The first kappa shape index (κ1) is 13.9. The number of benzene rings is 1. The summed E-state index contributed by atoms with van der Waals surface area (Å²) in [6.07, 6.45) is 4.56. The molecule has 3 atom stereocenters. The van der Waals surface area contributed by atoms with Crippen LogP contribution >= 0.6 is 0 Å². The average molecular weight is 274 g/mol. The lowest BCUT2D eigenvalue weighted by Crippen LogP contribution is -2.42. The Morgan fingerprint density at radius 3 is 2.45 bits per heavy atom. The highest BCUT2D eigenvalue weighted by molar-refractivity contribution is 5.49. The summed E-state index contributed by atoms with van der Waals surface area (Å²) in [5, 5.41) is 3.54. The highest BCUT2D eigenvalue weighted by Crippen LogP contribution is 2.30. The van der Waals surface area contributed by atoms with Crippen LogP contribution in [0.2, 0.25) is 0 Å². The molecule has 2 aliphatic heterocycles. The monoisotopic (exact) mass is 274 g/mol. The van der Waals surface area contributed by atoms with Gasteiger partial charge in [0.1, 0.15) is 0 Å². The molecular weight excluding hydrogens is 248 g/mol. The van der Waals surface area contributed by atoms with E-state index >= 15 is 0 Å². The van der Waals surface area contributed by atoms with Crippen LogP contribution in [0.1, 0.15) is 44.7 Å². The van der Waals surface area contributed by atoms with Gasteiger partial charge in [-0.1, -0.05) is 19.1 Å². The van der Waals surface area contributed by atoms with Crippen LogP contribution in [0.5, 0.6) is 0 Å². The van der Waals surface area contributed by atoms with Gasteiger partial charge in [-0.25, -0.2) is 0 Å². The molecule has 0 saturated carbocycles. The smallest absolute Gasteiger partial charge is 0.0755 e. The Kier molecular flexibility index (Phi) is 4.27. The fourth-order valence-corrected chi connectivity index (χ4v) is 3.28. The minimum Gasteiger partial charge on any atom is -0.371 e. The molecule has 1 aromatic rings. The molecule has 110 valence electrons. The summed E-state index contributed by atoms with van der Waals surface area (Å²) in [5.41, 5.74) is 2.72. The van der Waals surface area contributed by atoms with Crippen molar-refractivity contribution >= 4 is 5.69 Å². The molecule has 1 aromatic carbocycles. The minimum atomic E-state index is 0.435. The number of hydrogen-bond acceptors (Lipinski definition) is 3. The zero-order valence-corrected chi connectivity index (χ0v) is 12.6. The summed E-state index contributed by atoms with van der Waals surface area (Å²) in [4.78, 5) is 2.49. The minimum absolute atomic E-state index is 0.435. The first-order valence-corrected chi connectivity index (χ1v) is 8.00. The van der Waals surface area contributed by atoms with E-state index in [1.54, 1.807) is 0 Å². The molecule has 2 aliphatic rings. The van der Waals surface area contributed by atoms with Crippen LogP contribution in [0.3, 0.4) is 0 Å². The van der Waals surface area contributed by atoms with Crippen LogP contribution in [-0.2, 0) is 4.74 Å². The Balaban J connectivity index is 1.64. The highest BCUT2D eigenvalue weighted by Gasteiger charge is 2.33. The van der Waals surface area contributed by atoms with Crippen LogP contribution in [0, 0.1) is 0 Å². The Hall–Kier alpha value is -1.06. The van der Waals surface area contributed by atoms with E-state index in [2.05, 4.69) is 48.3 Å². The van der Waals surface area contributed by atoms with Gasteiger partial charge >= 0.3 is 0 Å². The fraction of sp³-hybridized carbons (Fsp3) is 0.647. The lowest BCUT2D eigenvalue weighted by molar-refractivity contribution is 0.0305. The van der Waals surface area contributed by atoms with Gasteiger partial charge in [-0.3, -0.25) is 0 Å². The molecule has 20 heavy (non-hydrogen) atoms. The molecule has 0 radical (unpaired) electrons. The van der Waals surface area contributed by atoms with Gasteiger partial charge in [-0.2, -0.15) is 0 Å². The van der Waals surface area contributed by atoms with E-state index in [9.17, 15) is 0 Å². The van der Waals surface area contributed by atoms with Crippen molar-refractivity contribution in [1.29, 1.82) is 0 Å². The molecule has 3 nitrogen and oxygen atoms in total. The van der Waals surface area contributed by atoms with Crippen molar-refractivity contribution in [3.05, 3.63) is 29.8 Å². The van der Waals surface area contributed by atoms with E-state index in [0.717, 1.165) is 19.6 Å². The number of fused-ring (bicyclic) bond motifs is 2. The molecule has 0 aliphatic carbocycles. The van der Waals surface area contributed by atoms with Crippen molar-refractivity contribution in [2.45, 2.75) is 51.4 Å². The van der Waals surface area contributed by atoms with Crippen molar-refractivity contribution in [3.8, 4) is 0 Å². The van der Waals surface area contributed by atoms with Crippen LogP contribution in [-0.4, -0.2) is 31.8 Å². The van der Waals surface area contributed by atoms with Gasteiger partial charge in [0.15, 0.2) is 0 Å². The predicted octanol–water partition coefficient (Wildman–Crippen LogP) is 3.11. The van der Waals surface area contributed by atoms with Gasteiger partial charge < -0.3 is 15.0 Å². The average Bonchev–Trinajstić information content (AvgIpc) is 2.83. The third-order valence-corrected chi connectivity index (χ3v) is 4.50. The van der Waals surface area contributed by atoms with Gasteiger partial charge in [-0.05, 0) is 50.4 Å². The molecule has 3 unspecified atom stereocenters. The molecular formula is C17H26N2O. The maximum absolute atomic E-state index is 5.90. The van der Waals surface area contributed by atoms with Gasteiger partial charge in [0.2, 0.25) is 0 Å². The maximum Gasteiger partial charge on any atom is 0.0755 e. The number of nitrogens with zero attached hydrogens (tertiary/aromatic N) is 1. The second kappa shape index (κ2) is 6.15. The zero-order chi connectivity index (χ0) is 13.9. The Morgan fingerprint density at radius 2 is 1.85 bits per heavy atom. The van der Waals surface area contributed by atoms with E-state index in [4.69, 9.17) is 4.74 Å². The van der Waals surface area contributed by atoms with E-state index in [-0.39, 0.29) is 0 Å². The van der Waals surface area contributed by atoms with Crippen LogP contribution in [0.15, 0.2) is 24.3 Å². The molecule has 3 rings (SSSR count). The molecule has 3 heteroatoms. The lowest BCUT2D eigenvalue weighted by atomic mass is 10.1. The third kappa shape index (κ3) is 2.99. The summed E-state index contributed by atoms with van der Waals surface area (Å²) in [6, 6.07) is 9.50. The van der Waals surface area contributed by atoms with Crippen LogP contribution < -0.4 is 10.2 Å². The summed E-state index contributed by atoms with van der Waals surface area (Å²) >= 11 is 0.